The van der Waals surface area contributed by atoms with Crippen LogP contribution in [0.3, 0.4) is 0 Å². The van der Waals surface area contributed by atoms with Crippen LogP contribution in [0.15, 0.2) is 44.7 Å². The molecule has 202 valence electrons. The molecule has 1 aliphatic rings. The third-order valence-corrected chi connectivity index (χ3v) is 7.54. The summed E-state index contributed by atoms with van der Waals surface area (Å²) in [7, 11) is 0. The topological polar surface area (TPSA) is 95.2 Å². The van der Waals surface area contributed by atoms with E-state index in [1.165, 1.54) is 4.68 Å². The maximum atomic E-state index is 13.4. The Morgan fingerprint density at radius 1 is 1.24 bits per heavy atom. The highest BCUT2D eigenvalue weighted by molar-refractivity contribution is 14.1. The molecule has 3 aromatic rings. The van der Waals surface area contributed by atoms with Crippen LogP contribution < -0.4 is 15.0 Å². The molecule has 0 aliphatic carbocycles. The highest BCUT2D eigenvalue weighted by Crippen LogP contribution is 2.34. The van der Waals surface area contributed by atoms with Crippen LogP contribution in [-0.2, 0) is 9.53 Å². The molecule has 0 radical (unpaired) electrons. The molecule has 0 spiro atoms. The van der Waals surface area contributed by atoms with Crippen molar-refractivity contribution in [3.05, 3.63) is 60.1 Å². The zero-order valence-corrected chi connectivity index (χ0v) is 25.3. The van der Waals surface area contributed by atoms with Gasteiger partial charge in [0.1, 0.15) is 5.82 Å². The summed E-state index contributed by atoms with van der Waals surface area (Å²) < 4.78 is 20.0. The Morgan fingerprint density at radius 2 is 2.00 bits per heavy atom. The molecule has 0 bridgehead atoms. The highest BCUT2D eigenvalue weighted by atomic mass is 127. The normalized spacial score (nSPS) is 14.7. The molecule has 0 N–H and O–H groups in total. The first kappa shape index (κ1) is 28.5. The lowest BCUT2D eigenvalue weighted by molar-refractivity contribution is -0.137. The second-order valence-corrected chi connectivity index (χ2v) is 10.9. The van der Waals surface area contributed by atoms with Crippen LogP contribution in [0.4, 0.5) is 0 Å². The Kier molecular flexibility index (Phi) is 9.77. The van der Waals surface area contributed by atoms with Gasteiger partial charge >= 0.3 is 0 Å². The van der Waals surface area contributed by atoms with E-state index in [0.29, 0.717) is 61.1 Å². The van der Waals surface area contributed by atoms with Crippen molar-refractivity contribution in [1.82, 2.24) is 14.6 Å². The van der Waals surface area contributed by atoms with Gasteiger partial charge in [-0.05, 0) is 71.8 Å². The number of ether oxygens (including phenoxy) is 3. The average Bonchev–Trinajstić information content (AvgIpc) is 2.92. The molecule has 1 atom stereocenters. The Bertz CT molecular complexity index is 1400. The molecule has 38 heavy (non-hydrogen) atoms. The number of fused-ring (bicyclic) bond motifs is 1. The number of nitrogens with zero attached hydrogens (tertiary/aromatic N) is 4. The van der Waals surface area contributed by atoms with E-state index in [-0.39, 0.29) is 24.0 Å². The number of rotatable bonds is 9. The first-order chi connectivity index (χ1) is 18.3. The number of aromatic nitrogens is 2. The second kappa shape index (κ2) is 13.0. The minimum absolute atomic E-state index is 0.0341. The van der Waals surface area contributed by atoms with Crippen molar-refractivity contribution in [1.29, 1.82) is 0 Å². The van der Waals surface area contributed by atoms with Gasteiger partial charge in [-0.3, -0.25) is 9.59 Å². The number of hydrogen-bond acceptors (Lipinski definition) is 7. The van der Waals surface area contributed by atoms with Gasteiger partial charge in [-0.25, -0.2) is 4.98 Å². The van der Waals surface area contributed by atoms with E-state index >= 15 is 0 Å². The van der Waals surface area contributed by atoms with Crippen LogP contribution in [-0.4, -0.2) is 66.2 Å². The molecule has 1 amide bonds. The van der Waals surface area contributed by atoms with Crippen molar-refractivity contribution in [2.24, 2.45) is 5.10 Å². The van der Waals surface area contributed by atoms with Crippen LogP contribution in [0.1, 0.15) is 44.5 Å². The van der Waals surface area contributed by atoms with E-state index in [1.54, 1.807) is 23.2 Å². The molecule has 4 rings (SSSR count). The van der Waals surface area contributed by atoms with Gasteiger partial charge in [-0.1, -0.05) is 29.8 Å². The minimum Gasteiger partial charge on any atom is -0.490 e. The van der Waals surface area contributed by atoms with Crippen LogP contribution in [0.5, 0.6) is 11.5 Å². The van der Waals surface area contributed by atoms with Crippen molar-refractivity contribution in [2.75, 3.05) is 39.5 Å². The summed E-state index contributed by atoms with van der Waals surface area (Å²) in [6.45, 7) is 8.49. The fourth-order valence-corrected chi connectivity index (χ4v) is 5.15. The monoisotopic (exact) mass is 696 g/mol. The molecule has 2 heterocycles. The fraction of sp³-hybridized carbons (Fsp3) is 0.407. The smallest absolute Gasteiger partial charge is 0.282 e. The van der Waals surface area contributed by atoms with Crippen LogP contribution in [0, 0.1) is 3.57 Å². The third kappa shape index (κ3) is 6.55. The van der Waals surface area contributed by atoms with Gasteiger partial charge in [0.05, 0.1) is 40.5 Å². The Labute approximate surface area is 243 Å². The lowest BCUT2D eigenvalue weighted by atomic mass is 10.1. The summed E-state index contributed by atoms with van der Waals surface area (Å²) in [5, 5.41) is 5.05. The zero-order valence-electron chi connectivity index (χ0n) is 21.6. The van der Waals surface area contributed by atoms with Crippen molar-refractivity contribution >= 4 is 61.5 Å². The van der Waals surface area contributed by atoms with Gasteiger partial charge in [0.25, 0.3) is 11.5 Å². The summed E-state index contributed by atoms with van der Waals surface area (Å²) in [5.41, 5.74) is 1.13. The average molecular weight is 697 g/mol. The number of benzene rings is 2. The molecule has 1 aliphatic heterocycles. The van der Waals surface area contributed by atoms with Crippen molar-refractivity contribution < 1.29 is 19.0 Å². The van der Waals surface area contributed by atoms with Crippen LogP contribution in [0.2, 0.25) is 0 Å². The SMILES string of the molecule is CCOc1cc(C=Nn2c([C@@H](C)CC)nc3ccc(Br)cc3c2=O)cc(I)c1OCC(=O)N1CCOCC1. The second-order valence-electron chi connectivity index (χ2n) is 8.85. The quantitative estimate of drug-likeness (QED) is 0.236. The third-order valence-electron chi connectivity index (χ3n) is 6.24. The van der Waals surface area contributed by atoms with E-state index in [4.69, 9.17) is 19.2 Å². The van der Waals surface area contributed by atoms with Crippen LogP contribution >= 0.6 is 38.5 Å². The molecule has 1 saturated heterocycles. The largest absolute Gasteiger partial charge is 0.490 e. The first-order valence-electron chi connectivity index (χ1n) is 12.5. The van der Waals surface area contributed by atoms with Gasteiger partial charge in [-0.2, -0.15) is 9.78 Å². The van der Waals surface area contributed by atoms with Gasteiger partial charge < -0.3 is 19.1 Å². The Balaban J connectivity index is 1.65. The molecule has 1 fully saturated rings. The summed E-state index contributed by atoms with van der Waals surface area (Å²) >= 11 is 5.59. The number of halogens is 2. The highest BCUT2D eigenvalue weighted by Gasteiger charge is 2.20. The van der Waals surface area contributed by atoms with E-state index in [2.05, 4.69) is 50.5 Å². The molecule has 2 aromatic carbocycles. The van der Waals surface area contributed by atoms with E-state index < -0.39 is 0 Å². The number of hydrogen-bond donors (Lipinski definition) is 0. The first-order valence-corrected chi connectivity index (χ1v) is 14.4. The van der Waals surface area contributed by atoms with E-state index in [1.807, 2.05) is 32.0 Å². The van der Waals surface area contributed by atoms with Crippen molar-refractivity contribution in [3.8, 4) is 11.5 Å². The molecular weight excluding hydrogens is 667 g/mol. The maximum Gasteiger partial charge on any atom is 0.282 e. The zero-order chi connectivity index (χ0) is 27.2. The molecular formula is C27H30BrIN4O5. The lowest BCUT2D eigenvalue weighted by Crippen LogP contribution is -2.43. The Morgan fingerprint density at radius 3 is 2.71 bits per heavy atom. The number of amides is 1. The Hall–Kier alpha value is -2.51. The fourth-order valence-electron chi connectivity index (χ4n) is 4.01. The van der Waals surface area contributed by atoms with Crippen LogP contribution in [0.25, 0.3) is 10.9 Å². The molecule has 0 unspecified atom stereocenters. The van der Waals surface area contributed by atoms with Crippen molar-refractivity contribution in [3.63, 3.8) is 0 Å². The minimum atomic E-state index is -0.232. The standard InChI is InChI=1S/C27H30BrIN4O5/c1-4-17(3)26-31-22-7-6-19(28)14-20(22)27(35)33(26)30-15-18-12-21(29)25(23(13-18)37-5-2)38-16-24(34)32-8-10-36-11-9-32/h6-7,12-15,17H,4-5,8-11,16H2,1-3H3/t17-/m0/s1. The maximum absolute atomic E-state index is 13.4. The number of carbonyl (C=O) groups is 1. The van der Waals surface area contributed by atoms with Gasteiger partial charge in [-0.15, -0.1) is 0 Å². The molecule has 11 heteroatoms. The summed E-state index contributed by atoms with van der Waals surface area (Å²) in [4.78, 5) is 32.5. The van der Waals surface area contributed by atoms with E-state index in [0.717, 1.165) is 20.0 Å². The summed E-state index contributed by atoms with van der Waals surface area (Å²) in [5.74, 6) is 1.55. The lowest BCUT2D eigenvalue weighted by Gasteiger charge is -2.27. The molecule has 0 saturated carbocycles. The predicted octanol–water partition coefficient (Wildman–Crippen LogP) is 4.80. The van der Waals surface area contributed by atoms with Gasteiger partial charge in [0.2, 0.25) is 0 Å². The number of carbonyl (C=O) groups excluding carboxylic acids is 1. The molecule has 9 nitrogen and oxygen atoms in total. The summed E-state index contributed by atoms with van der Waals surface area (Å²) in [6.07, 6.45) is 2.43. The van der Waals surface area contributed by atoms with E-state index in [9.17, 15) is 9.59 Å². The van der Waals surface area contributed by atoms with Crippen molar-refractivity contribution in [2.45, 2.75) is 33.1 Å². The van der Waals surface area contributed by atoms with Gasteiger partial charge in [0.15, 0.2) is 18.1 Å². The predicted molar refractivity (Wildman–Crippen MR) is 159 cm³/mol. The molecule has 1 aromatic heterocycles. The van der Waals surface area contributed by atoms with Gasteiger partial charge in [0, 0.05) is 23.5 Å². The number of morpholine rings is 1. The summed E-state index contributed by atoms with van der Waals surface area (Å²) in [6, 6.07) is 9.14.